The summed E-state index contributed by atoms with van der Waals surface area (Å²) in [4.78, 5) is 99.9. The van der Waals surface area contributed by atoms with Gasteiger partial charge in [-0.1, -0.05) is 46.7 Å². The van der Waals surface area contributed by atoms with Gasteiger partial charge in [0, 0.05) is 47.8 Å². The van der Waals surface area contributed by atoms with E-state index in [0.29, 0.717) is 11.1 Å². The van der Waals surface area contributed by atoms with Crippen molar-refractivity contribution < 1.29 is 66.8 Å². The number of Topliss-reactive ketones (excluding diaryl/α,β-unsaturated/α-hetero) is 2. The number of hydrogen-bond donors (Lipinski definition) is 0. The SMILES string of the molecule is C=C(C)C(=O)CCC(CCC(=O)C(=C)C)(COC(=O)CCCCC(=O)OCC(COC(=O)C(=C)C)(COC(=O)C(=C)C)COC(=O)C(C)C)COC(=O)C(=C)C. The molecule has 312 valence electrons. The van der Waals surface area contributed by atoms with Crippen LogP contribution in [0.3, 0.4) is 0 Å². The van der Waals surface area contributed by atoms with Gasteiger partial charge in [-0.05, 0) is 71.4 Å². The first-order chi connectivity index (χ1) is 26.0. The quantitative estimate of drug-likeness (QED) is 0.0370. The van der Waals surface area contributed by atoms with Crippen molar-refractivity contribution in [1.29, 1.82) is 0 Å². The van der Waals surface area contributed by atoms with Gasteiger partial charge in [0.2, 0.25) is 0 Å². The number of allylic oxidation sites excluding steroid dienone is 2. The zero-order valence-corrected chi connectivity index (χ0v) is 34.2. The summed E-state index contributed by atoms with van der Waals surface area (Å²) in [6, 6.07) is 0. The number of carbonyl (C=O) groups is 8. The van der Waals surface area contributed by atoms with Crippen LogP contribution >= 0.6 is 0 Å². The van der Waals surface area contributed by atoms with Crippen LogP contribution in [0.4, 0.5) is 0 Å². The summed E-state index contributed by atoms with van der Waals surface area (Å²) >= 11 is 0. The Labute approximate surface area is 330 Å². The maximum Gasteiger partial charge on any atom is 0.333 e. The summed E-state index contributed by atoms with van der Waals surface area (Å²) in [6.45, 7) is 26.4. The van der Waals surface area contributed by atoms with Gasteiger partial charge < -0.3 is 28.4 Å². The Morgan fingerprint density at radius 3 is 1.05 bits per heavy atom. The maximum absolute atomic E-state index is 12.9. The molecule has 0 aliphatic carbocycles. The highest BCUT2D eigenvalue weighted by atomic mass is 16.6. The molecule has 56 heavy (non-hydrogen) atoms. The first-order valence-corrected chi connectivity index (χ1v) is 18.3. The monoisotopic (exact) mass is 788 g/mol. The number of ether oxygens (including phenoxy) is 6. The molecule has 0 aromatic rings. The van der Waals surface area contributed by atoms with Crippen LogP contribution in [0.5, 0.6) is 0 Å². The Kier molecular flexibility index (Phi) is 22.8. The van der Waals surface area contributed by atoms with E-state index in [1.807, 2.05) is 0 Å². The van der Waals surface area contributed by atoms with Crippen LogP contribution in [0.2, 0.25) is 0 Å². The van der Waals surface area contributed by atoms with Gasteiger partial charge in [-0.15, -0.1) is 0 Å². The van der Waals surface area contributed by atoms with Crippen LogP contribution in [0.15, 0.2) is 60.8 Å². The number of esters is 6. The van der Waals surface area contributed by atoms with Gasteiger partial charge in [0.1, 0.15) is 45.1 Å². The molecule has 0 aromatic heterocycles. The highest BCUT2D eigenvalue weighted by Crippen LogP contribution is 2.33. The maximum atomic E-state index is 12.9. The standard InChI is InChI=1S/C42H60O14/c1-27(2)33(43)17-19-41(20-18-34(44)28(3)4,22-53-37(47)29(5)6)21-51-35(45)15-13-14-16-36(46)52-23-42(24-54-38(48)30(7)8,25-55-39(49)31(9)10)26-56-40(50)32(11)12/h32H,1,3,5,7,9,13-26H2,2,4,6,8,10-12H3. The number of rotatable bonds is 29. The van der Waals surface area contributed by atoms with Crippen molar-refractivity contribution in [3.05, 3.63) is 60.8 Å². The summed E-state index contributed by atoms with van der Waals surface area (Å²) in [5.41, 5.74) is -1.61. The van der Waals surface area contributed by atoms with Gasteiger partial charge in [-0.25, -0.2) is 14.4 Å². The zero-order chi connectivity index (χ0) is 43.2. The molecule has 0 aliphatic heterocycles. The van der Waals surface area contributed by atoms with Crippen LogP contribution in [0.1, 0.15) is 99.8 Å². The number of unbranched alkanes of at least 4 members (excludes halogenated alkanes) is 1. The van der Waals surface area contributed by atoms with Crippen LogP contribution in [-0.2, 0) is 66.8 Å². The lowest BCUT2D eigenvalue weighted by molar-refractivity contribution is -0.170. The molecule has 0 radical (unpaired) electrons. The second-order valence-electron chi connectivity index (χ2n) is 14.8. The number of hydrogen-bond acceptors (Lipinski definition) is 14. The molecule has 0 fully saturated rings. The first-order valence-electron chi connectivity index (χ1n) is 18.3. The molecule has 0 heterocycles. The summed E-state index contributed by atoms with van der Waals surface area (Å²) in [5.74, 6) is -5.10. The van der Waals surface area contributed by atoms with Gasteiger partial charge in [0.25, 0.3) is 0 Å². The third kappa shape index (κ3) is 20.5. The van der Waals surface area contributed by atoms with E-state index in [0.717, 1.165) is 0 Å². The van der Waals surface area contributed by atoms with E-state index < -0.39 is 79.0 Å². The molecule has 14 nitrogen and oxygen atoms in total. The Balaban J connectivity index is 5.75. The molecular weight excluding hydrogens is 728 g/mol. The van der Waals surface area contributed by atoms with Gasteiger partial charge in [-0.2, -0.15) is 0 Å². The van der Waals surface area contributed by atoms with Crippen molar-refractivity contribution in [2.24, 2.45) is 16.7 Å². The fourth-order valence-corrected chi connectivity index (χ4v) is 4.46. The number of carbonyl (C=O) groups excluding carboxylic acids is 8. The van der Waals surface area contributed by atoms with E-state index in [2.05, 4.69) is 32.9 Å². The van der Waals surface area contributed by atoms with Gasteiger partial charge in [0.15, 0.2) is 11.6 Å². The topological polar surface area (TPSA) is 192 Å². The lowest BCUT2D eigenvalue weighted by Crippen LogP contribution is -2.44. The Morgan fingerprint density at radius 1 is 0.429 bits per heavy atom. The minimum atomic E-state index is -1.48. The molecule has 0 unspecified atom stereocenters. The summed E-state index contributed by atoms with van der Waals surface area (Å²) < 4.78 is 32.5. The second kappa shape index (κ2) is 25.1. The third-order valence-electron chi connectivity index (χ3n) is 8.37. The molecule has 0 N–H and O–H groups in total. The van der Waals surface area contributed by atoms with Crippen LogP contribution in [0.25, 0.3) is 0 Å². The average Bonchev–Trinajstić information content (AvgIpc) is 3.13. The molecule has 0 aliphatic rings. The van der Waals surface area contributed by atoms with Gasteiger partial charge in [-0.3, -0.25) is 24.0 Å². The van der Waals surface area contributed by atoms with Gasteiger partial charge in [0.05, 0.1) is 5.92 Å². The molecule has 14 heteroatoms. The molecule has 0 rings (SSSR count). The van der Waals surface area contributed by atoms with Crippen molar-refractivity contribution in [3.8, 4) is 0 Å². The van der Waals surface area contributed by atoms with Crippen molar-refractivity contribution in [2.75, 3.05) is 39.6 Å². The van der Waals surface area contributed by atoms with Crippen molar-refractivity contribution >= 4 is 47.4 Å². The lowest BCUT2D eigenvalue weighted by atomic mass is 9.78. The predicted molar refractivity (Wildman–Crippen MR) is 206 cm³/mol. The van der Waals surface area contributed by atoms with Crippen molar-refractivity contribution in [3.63, 3.8) is 0 Å². The highest BCUT2D eigenvalue weighted by Gasteiger charge is 2.39. The van der Waals surface area contributed by atoms with Crippen LogP contribution < -0.4 is 0 Å². The molecule has 0 amide bonds. The lowest BCUT2D eigenvalue weighted by Gasteiger charge is -2.33. The molecule has 0 saturated carbocycles. The zero-order valence-electron chi connectivity index (χ0n) is 34.2. The second-order valence-corrected chi connectivity index (χ2v) is 14.8. The fourth-order valence-electron chi connectivity index (χ4n) is 4.46. The van der Waals surface area contributed by atoms with E-state index in [9.17, 15) is 38.4 Å². The third-order valence-corrected chi connectivity index (χ3v) is 8.37. The summed E-state index contributed by atoms with van der Waals surface area (Å²) in [5, 5.41) is 0. The molecule has 0 bridgehead atoms. The van der Waals surface area contributed by atoms with E-state index in [1.54, 1.807) is 27.7 Å². The van der Waals surface area contributed by atoms with E-state index >= 15 is 0 Å². The van der Waals surface area contributed by atoms with E-state index in [4.69, 9.17) is 28.4 Å². The first kappa shape index (κ1) is 50.9. The highest BCUT2D eigenvalue weighted by molar-refractivity contribution is 5.95. The fraction of sp³-hybridized carbons (Fsp3) is 0.571. The van der Waals surface area contributed by atoms with E-state index in [1.165, 1.54) is 20.8 Å². The molecule has 0 atom stereocenters. The molecular formula is C42H60O14. The van der Waals surface area contributed by atoms with E-state index in [-0.39, 0.29) is 92.9 Å². The van der Waals surface area contributed by atoms with Crippen LogP contribution in [-0.4, -0.2) is 87.0 Å². The minimum absolute atomic E-state index is 0.00891. The van der Waals surface area contributed by atoms with Gasteiger partial charge >= 0.3 is 35.8 Å². The predicted octanol–water partition coefficient (Wildman–Crippen LogP) is 6.01. The molecule has 0 aromatic carbocycles. The average molecular weight is 789 g/mol. The summed E-state index contributed by atoms with van der Waals surface area (Å²) in [6.07, 6.45) is 0.428. The Bertz CT molecular complexity index is 1420. The Morgan fingerprint density at radius 2 is 0.732 bits per heavy atom. The summed E-state index contributed by atoms with van der Waals surface area (Å²) in [7, 11) is 0. The normalized spacial score (nSPS) is 11.1. The minimum Gasteiger partial charge on any atom is -0.465 e. The number of ketones is 2. The Hall–Kier alpha value is -5.14. The molecule has 0 spiro atoms. The van der Waals surface area contributed by atoms with Crippen LogP contribution in [0, 0.1) is 16.7 Å². The largest absolute Gasteiger partial charge is 0.465 e. The smallest absolute Gasteiger partial charge is 0.333 e. The van der Waals surface area contributed by atoms with Crippen molar-refractivity contribution in [2.45, 2.75) is 99.8 Å². The van der Waals surface area contributed by atoms with Crippen molar-refractivity contribution in [1.82, 2.24) is 0 Å². The molecule has 0 saturated heterocycles.